The fourth-order valence-corrected chi connectivity index (χ4v) is 1.55. The number of carbonyl (C=O) groups is 1. The predicted molar refractivity (Wildman–Crippen MR) is 76.8 cm³/mol. The lowest BCUT2D eigenvalue weighted by atomic mass is 9.93. The summed E-state index contributed by atoms with van der Waals surface area (Å²) in [5.41, 5.74) is 2.16. The maximum Gasteiger partial charge on any atom is 0.328 e. The standard InChI is InChI=1S/C16H22O3/c1-16(2,3)10-11-19-12-14-7-5-4-6-13(14)8-9-15(17)18/h4-9H,10-12H2,1-3H3,(H,17,18). The molecule has 0 saturated heterocycles. The second-order valence-electron chi connectivity index (χ2n) is 5.73. The lowest BCUT2D eigenvalue weighted by molar-refractivity contribution is -0.131. The van der Waals surface area contributed by atoms with E-state index in [2.05, 4.69) is 20.8 Å². The van der Waals surface area contributed by atoms with Gasteiger partial charge in [0.1, 0.15) is 0 Å². The Morgan fingerprint density at radius 1 is 1.32 bits per heavy atom. The summed E-state index contributed by atoms with van der Waals surface area (Å²) >= 11 is 0. The molecule has 0 heterocycles. The fourth-order valence-electron chi connectivity index (χ4n) is 1.55. The molecule has 0 radical (unpaired) electrons. The van der Waals surface area contributed by atoms with Gasteiger partial charge in [0.15, 0.2) is 0 Å². The number of hydrogen-bond acceptors (Lipinski definition) is 2. The minimum atomic E-state index is -0.941. The maximum absolute atomic E-state index is 10.5. The first kappa shape index (κ1) is 15.4. The van der Waals surface area contributed by atoms with Crippen molar-refractivity contribution in [1.29, 1.82) is 0 Å². The molecule has 104 valence electrons. The summed E-state index contributed by atoms with van der Waals surface area (Å²) < 4.78 is 5.66. The predicted octanol–water partition coefficient (Wildman–Crippen LogP) is 3.74. The molecule has 1 aromatic carbocycles. The molecule has 1 rings (SSSR count). The van der Waals surface area contributed by atoms with Crippen LogP contribution in [-0.4, -0.2) is 17.7 Å². The molecule has 0 aliphatic carbocycles. The normalized spacial score (nSPS) is 11.9. The smallest absolute Gasteiger partial charge is 0.328 e. The quantitative estimate of drug-likeness (QED) is 0.627. The first-order valence-electron chi connectivity index (χ1n) is 6.45. The summed E-state index contributed by atoms with van der Waals surface area (Å²) in [6.07, 6.45) is 3.75. The van der Waals surface area contributed by atoms with Gasteiger partial charge >= 0.3 is 5.97 Å². The first-order chi connectivity index (χ1) is 8.88. The van der Waals surface area contributed by atoms with Crippen LogP contribution < -0.4 is 0 Å². The minimum Gasteiger partial charge on any atom is -0.478 e. The first-order valence-corrected chi connectivity index (χ1v) is 6.45. The SMILES string of the molecule is CC(C)(C)CCOCc1ccccc1C=CC(=O)O. The average Bonchev–Trinajstić information content (AvgIpc) is 2.32. The topological polar surface area (TPSA) is 46.5 Å². The molecule has 3 heteroatoms. The van der Waals surface area contributed by atoms with E-state index < -0.39 is 5.97 Å². The lowest BCUT2D eigenvalue weighted by Crippen LogP contribution is -2.09. The molecule has 0 amide bonds. The van der Waals surface area contributed by atoms with Gasteiger partial charge in [-0.3, -0.25) is 0 Å². The van der Waals surface area contributed by atoms with Crippen LogP contribution in [0.5, 0.6) is 0 Å². The van der Waals surface area contributed by atoms with Crippen LogP contribution in [0, 0.1) is 5.41 Å². The highest BCUT2D eigenvalue weighted by molar-refractivity contribution is 5.85. The third kappa shape index (κ3) is 6.77. The van der Waals surface area contributed by atoms with Crippen LogP contribution in [0.1, 0.15) is 38.3 Å². The summed E-state index contributed by atoms with van der Waals surface area (Å²) in [6.45, 7) is 7.76. The summed E-state index contributed by atoms with van der Waals surface area (Å²) in [4.78, 5) is 10.5. The van der Waals surface area contributed by atoms with Gasteiger partial charge in [-0.2, -0.15) is 0 Å². The number of carboxylic acid groups (broad SMARTS) is 1. The van der Waals surface area contributed by atoms with Gasteiger partial charge < -0.3 is 9.84 Å². The molecular weight excluding hydrogens is 240 g/mol. The minimum absolute atomic E-state index is 0.267. The largest absolute Gasteiger partial charge is 0.478 e. The summed E-state index contributed by atoms with van der Waals surface area (Å²) in [5.74, 6) is -0.941. The van der Waals surface area contributed by atoms with E-state index in [1.807, 2.05) is 24.3 Å². The molecule has 0 fully saturated rings. The van der Waals surface area contributed by atoms with Crippen molar-refractivity contribution < 1.29 is 14.6 Å². The summed E-state index contributed by atoms with van der Waals surface area (Å²) in [7, 11) is 0. The molecule has 0 spiro atoms. The highest BCUT2D eigenvalue weighted by Crippen LogP contribution is 2.19. The van der Waals surface area contributed by atoms with Crippen molar-refractivity contribution in [2.45, 2.75) is 33.8 Å². The highest BCUT2D eigenvalue weighted by atomic mass is 16.5. The summed E-state index contributed by atoms with van der Waals surface area (Å²) in [5, 5.41) is 8.65. The van der Waals surface area contributed by atoms with E-state index in [1.54, 1.807) is 6.08 Å². The maximum atomic E-state index is 10.5. The Kier molecular flexibility index (Phi) is 5.77. The number of benzene rings is 1. The fraction of sp³-hybridized carbons (Fsp3) is 0.438. The molecule has 0 aromatic heterocycles. The zero-order chi connectivity index (χ0) is 14.3. The summed E-state index contributed by atoms with van der Waals surface area (Å²) in [6, 6.07) is 7.67. The van der Waals surface area contributed by atoms with Crippen LogP contribution in [0.15, 0.2) is 30.3 Å². The number of carboxylic acids is 1. The number of rotatable bonds is 6. The molecule has 1 N–H and O–H groups in total. The Labute approximate surface area is 114 Å². The van der Waals surface area contributed by atoms with Crippen molar-refractivity contribution in [1.82, 2.24) is 0 Å². The molecular formula is C16H22O3. The third-order valence-electron chi connectivity index (χ3n) is 2.71. The van der Waals surface area contributed by atoms with Gasteiger partial charge in [0.25, 0.3) is 0 Å². The Balaban J connectivity index is 2.56. The van der Waals surface area contributed by atoms with Gasteiger partial charge in [-0.05, 0) is 29.0 Å². The molecule has 0 saturated carbocycles. The van der Waals surface area contributed by atoms with Crippen LogP contribution in [-0.2, 0) is 16.1 Å². The van der Waals surface area contributed by atoms with E-state index in [1.165, 1.54) is 0 Å². The van der Waals surface area contributed by atoms with E-state index in [9.17, 15) is 4.79 Å². The second kappa shape index (κ2) is 7.10. The van der Waals surface area contributed by atoms with Gasteiger partial charge in [-0.1, -0.05) is 45.0 Å². The van der Waals surface area contributed by atoms with Gasteiger partial charge in [-0.25, -0.2) is 4.79 Å². The van der Waals surface area contributed by atoms with Crippen molar-refractivity contribution in [3.8, 4) is 0 Å². The van der Waals surface area contributed by atoms with Gasteiger partial charge in [0, 0.05) is 12.7 Å². The molecule has 0 bridgehead atoms. The molecule has 3 nitrogen and oxygen atoms in total. The van der Waals surface area contributed by atoms with Crippen molar-refractivity contribution in [2.24, 2.45) is 5.41 Å². The Hall–Kier alpha value is -1.61. The van der Waals surface area contributed by atoms with Crippen molar-refractivity contribution in [3.05, 3.63) is 41.5 Å². The van der Waals surface area contributed by atoms with Crippen LogP contribution in [0.4, 0.5) is 0 Å². The Morgan fingerprint density at radius 2 is 2.00 bits per heavy atom. The van der Waals surface area contributed by atoms with E-state index >= 15 is 0 Å². The van der Waals surface area contributed by atoms with Crippen LogP contribution in [0.2, 0.25) is 0 Å². The van der Waals surface area contributed by atoms with Crippen molar-refractivity contribution in [2.75, 3.05) is 6.61 Å². The molecule has 0 atom stereocenters. The van der Waals surface area contributed by atoms with Gasteiger partial charge in [0.2, 0.25) is 0 Å². The van der Waals surface area contributed by atoms with Crippen molar-refractivity contribution >= 4 is 12.0 Å². The van der Waals surface area contributed by atoms with Gasteiger partial charge in [0.05, 0.1) is 6.61 Å². The van der Waals surface area contributed by atoms with E-state index in [0.29, 0.717) is 13.2 Å². The number of ether oxygens (including phenoxy) is 1. The number of hydrogen-bond donors (Lipinski definition) is 1. The zero-order valence-corrected chi connectivity index (χ0v) is 11.8. The Morgan fingerprint density at radius 3 is 2.63 bits per heavy atom. The highest BCUT2D eigenvalue weighted by Gasteiger charge is 2.09. The average molecular weight is 262 g/mol. The molecule has 0 unspecified atom stereocenters. The van der Waals surface area contributed by atoms with E-state index in [0.717, 1.165) is 23.6 Å². The molecule has 1 aromatic rings. The molecule has 0 aliphatic rings. The van der Waals surface area contributed by atoms with Crippen LogP contribution >= 0.6 is 0 Å². The Bertz CT molecular complexity index is 442. The van der Waals surface area contributed by atoms with E-state index in [-0.39, 0.29) is 5.41 Å². The van der Waals surface area contributed by atoms with Gasteiger partial charge in [-0.15, -0.1) is 0 Å². The second-order valence-corrected chi connectivity index (χ2v) is 5.73. The molecule has 19 heavy (non-hydrogen) atoms. The third-order valence-corrected chi connectivity index (χ3v) is 2.71. The van der Waals surface area contributed by atoms with E-state index in [4.69, 9.17) is 9.84 Å². The lowest BCUT2D eigenvalue weighted by Gasteiger charge is -2.17. The monoisotopic (exact) mass is 262 g/mol. The zero-order valence-electron chi connectivity index (χ0n) is 11.8. The molecule has 0 aliphatic heterocycles. The number of aliphatic carboxylic acids is 1. The van der Waals surface area contributed by atoms with Crippen LogP contribution in [0.25, 0.3) is 6.08 Å². The van der Waals surface area contributed by atoms with Crippen molar-refractivity contribution in [3.63, 3.8) is 0 Å². The van der Waals surface area contributed by atoms with Crippen LogP contribution in [0.3, 0.4) is 0 Å².